The highest BCUT2D eigenvalue weighted by Crippen LogP contribution is 2.32. The van der Waals surface area contributed by atoms with Gasteiger partial charge in [-0.05, 0) is 36.8 Å². The van der Waals surface area contributed by atoms with Crippen LogP contribution in [0.4, 0.5) is 5.69 Å². The van der Waals surface area contributed by atoms with Crippen molar-refractivity contribution in [1.29, 1.82) is 0 Å². The number of hydrogen-bond donors (Lipinski definition) is 3. The SMILES string of the molecule is COc1cccc2c(C(C)CNc3ccc(Cl)cc3C(C)O)c[nH]c12. The summed E-state index contributed by atoms with van der Waals surface area (Å²) in [5.41, 5.74) is 3.96. The summed E-state index contributed by atoms with van der Waals surface area (Å²) < 4.78 is 5.42. The second-order valence-electron chi connectivity index (χ2n) is 6.32. The van der Waals surface area contributed by atoms with E-state index in [0.29, 0.717) is 5.02 Å². The molecular formula is C20H23ClN2O2. The maximum Gasteiger partial charge on any atom is 0.142 e. The Balaban J connectivity index is 1.81. The van der Waals surface area contributed by atoms with Crippen LogP contribution in [0.2, 0.25) is 5.02 Å². The van der Waals surface area contributed by atoms with Crippen LogP contribution < -0.4 is 10.1 Å². The van der Waals surface area contributed by atoms with E-state index in [0.717, 1.165) is 29.1 Å². The van der Waals surface area contributed by atoms with Gasteiger partial charge in [0.05, 0.1) is 18.7 Å². The van der Waals surface area contributed by atoms with Gasteiger partial charge in [-0.25, -0.2) is 0 Å². The monoisotopic (exact) mass is 358 g/mol. The minimum absolute atomic E-state index is 0.276. The summed E-state index contributed by atoms with van der Waals surface area (Å²) >= 11 is 6.04. The first-order valence-corrected chi connectivity index (χ1v) is 8.74. The number of hydrogen-bond acceptors (Lipinski definition) is 3. The number of aromatic amines is 1. The van der Waals surface area contributed by atoms with Gasteiger partial charge in [-0.15, -0.1) is 0 Å². The van der Waals surface area contributed by atoms with Crippen molar-refractivity contribution >= 4 is 28.2 Å². The summed E-state index contributed by atoms with van der Waals surface area (Å²) in [6, 6.07) is 11.6. The van der Waals surface area contributed by atoms with Gasteiger partial charge in [-0.1, -0.05) is 30.7 Å². The van der Waals surface area contributed by atoms with E-state index >= 15 is 0 Å². The third kappa shape index (κ3) is 3.60. The molecule has 25 heavy (non-hydrogen) atoms. The average Bonchev–Trinajstić information content (AvgIpc) is 3.04. The highest BCUT2D eigenvalue weighted by molar-refractivity contribution is 6.30. The van der Waals surface area contributed by atoms with Crippen molar-refractivity contribution in [1.82, 2.24) is 4.98 Å². The largest absolute Gasteiger partial charge is 0.495 e. The number of halogens is 1. The molecule has 0 amide bonds. The van der Waals surface area contributed by atoms with Gasteiger partial charge in [-0.2, -0.15) is 0 Å². The van der Waals surface area contributed by atoms with E-state index in [-0.39, 0.29) is 5.92 Å². The first-order chi connectivity index (χ1) is 12.0. The molecule has 0 bridgehead atoms. The molecule has 0 aliphatic heterocycles. The lowest BCUT2D eigenvalue weighted by atomic mass is 9.99. The molecule has 0 spiro atoms. The number of H-pyrrole nitrogens is 1. The van der Waals surface area contributed by atoms with Gasteiger partial charge in [0.2, 0.25) is 0 Å². The Morgan fingerprint density at radius 2 is 2.00 bits per heavy atom. The first-order valence-electron chi connectivity index (χ1n) is 8.36. The highest BCUT2D eigenvalue weighted by Gasteiger charge is 2.15. The van der Waals surface area contributed by atoms with Crippen LogP contribution in [-0.2, 0) is 0 Å². The molecule has 5 heteroatoms. The number of methoxy groups -OCH3 is 1. The molecule has 1 heterocycles. The molecule has 132 valence electrons. The normalized spacial score (nSPS) is 13.6. The number of ether oxygens (including phenoxy) is 1. The summed E-state index contributed by atoms with van der Waals surface area (Å²) in [6.07, 6.45) is 1.46. The molecule has 0 radical (unpaired) electrons. The summed E-state index contributed by atoms with van der Waals surface area (Å²) in [5.74, 6) is 1.12. The van der Waals surface area contributed by atoms with Crippen LogP contribution in [0.3, 0.4) is 0 Å². The quantitative estimate of drug-likeness (QED) is 0.574. The van der Waals surface area contributed by atoms with Crippen LogP contribution in [0.5, 0.6) is 5.75 Å². The fourth-order valence-electron chi connectivity index (χ4n) is 3.14. The number of fused-ring (bicyclic) bond motifs is 1. The van der Waals surface area contributed by atoms with E-state index in [1.807, 2.05) is 30.5 Å². The van der Waals surface area contributed by atoms with Gasteiger partial charge in [-0.3, -0.25) is 0 Å². The molecule has 0 saturated heterocycles. The van der Waals surface area contributed by atoms with Crippen molar-refractivity contribution in [3.05, 3.63) is 58.7 Å². The van der Waals surface area contributed by atoms with Crippen LogP contribution in [-0.4, -0.2) is 23.7 Å². The predicted molar refractivity (Wildman–Crippen MR) is 104 cm³/mol. The number of aliphatic hydroxyl groups is 1. The van der Waals surface area contributed by atoms with Crippen molar-refractivity contribution in [3.63, 3.8) is 0 Å². The third-order valence-electron chi connectivity index (χ3n) is 4.52. The molecule has 0 aliphatic carbocycles. The number of anilines is 1. The summed E-state index contributed by atoms with van der Waals surface area (Å²) in [7, 11) is 1.68. The van der Waals surface area contributed by atoms with Gasteiger partial charge in [0.15, 0.2) is 0 Å². The number of aliphatic hydroxyl groups excluding tert-OH is 1. The molecule has 4 nitrogen and oxygen atoms in total. The Kier molecular flexibility index (Phi) is 5.21. The molecule has 3 N–H and O–H groups in total. The van der Waals surface area contributed by atoms with Crippen LogP contribution in [0.25, 0.3) is 10.9 Å². The van der Waals surface area contributed by atoms with E-state index in [9.17, 15) is 5.11 Å². The molecule has 3 rings (SSSR count). The molecule has 1 aromatic heterocycles. The number of rotatable bonds is 6. The highest BCUT2D eigenvalue weighted by atomic mass is 35.5. The van der Waals surface area contributed by atoms with Crippen molar-refractivity contribution in [2.24, 2.45) is 0 Å². The maximum absolute atomic E-state index is 9.96. The van der Waals surface area contributed by atoms with E-state index in [2.05, 4.69) is 23.3 Å². The van der Waals surface area contributed by atoms with Crippen LogP contribution in [0.15, 0.2) is 42.6 Å². The zero-order valence-electron chi connectivity index (χ0n) is 14.6. The number of para-hydroxylation sites is 1. The van der Waals surface area contributed by atoms with E-state index in [1.165, 1.54) is 10.9 Å². The predicted octanol–water partition coefficient (Wildman–Crippen LogP) is 5.10. The fraction of sp³-hybridized carbons (Fsp3) is 0.300. The molecule has 2 atom stereocenters. The minimum atomic E-state index is -0.575. The van der Waals surface area contributed by atoms with Crippen molar-refractivity contribution in [3.8, 4) is 5.75 Å². The first kappa shape index (κ1) is 17.6. The molecular weight excluding hydrogens is 336 g/mol. The second-order valence-corrected chi connectivity index (χ2v) is 6.75. The van der Waals surface area contributed by atoms with Gasteiger partial charge < -0.3 is 20.1 Å². The smallest absolute Gasteiger partial charge is 0.142 e. The van der Waals surface area contributed by atoms with E-state index in [1.54, 1.807) is 20.1 Å². The summed E-state index contributed by atoms with van der Waals surface area (Å²) in [5, 5.41) is 15.2. The molecule has 2 aromatic carbocycles. The van der Waals surface area contributed by atoms with Crippen LogP contribution >= 0.6 is 11.6 Å². The zero-order valence-corrected chi connectivity index (χ0v) is 15.4. The van der Waals surface area contributed by atoms with Crippen molar-refractivity contribution in [2.75, 3.05) is 19.0 Å². The Hall–Kier alpha value is -2.17. The summed E-state index contributed by atoms with van der Waals surface area (Å²) in [4.78, 5) is 3.31. The van der Waals surface area contributed by atoms with Crippen molar-refractivity contribution < 1.29 is 9.84 Å². The topological polar surface area (TPSA) is 57.3 Å². The lowest BCUT2D eigenvalue weighted by Crippen LogP contribution is -2.11. The molecule has 0 fully saturated rings. The van der Waals surface area contributed by atoms with Crippen molar-refractivity contribution in [2.45, 2.75) is 25.9 Å². The average molecular weight is 359 g/mol. The lowest BCUT2D eigenvalue weighted by Gasteiger charge is -2.18. The van der Waals surface area contributed by atoms with Crippen LogP contribution in [0.1, 0.15) is 37.0 Å². The number of nitrogens with one attached hydrogen (secondary N) is 2. The Morgan fingerprint density at radius 3 is 2.72 bits per heavy atom. The van der Waals surface area contributed by atoms with E-state index < -0.39 is 6.10 Å². The van der Waals surface area contributed by atoms with Gasteiger partial charge in [0.25, 0.3) is 0 Å². The Bertz CT molecular complexity index is 873. The second kappa shape index (κ2) is 7.38. The Morgan fingerprint density at radius 1 is 1.20 bits per heavy atom. The summed E-state index contributed by atoms with van der Waals surface area (Å²) in [6.45, 7) is 4.66. The molecule has 2 unspecified atom stereocenters. The standard InChI is InChI=1S/C20H23ClN2O2/c1-12(10-22-18-8-7-14(21)9-16(18)13(2)24)17-11-23-20-15(17)5-4-6-19(20)25-3/h4-9,11-13,22-24H,10H2,1-3H3. The van der Waals surface area contributed by atoms with Gasteiger partial charge in [0.1, 0.15) is 5.75 Å². The lowest BCUT2D eigenvalue weighted by molar-refractivity contribution is 0.200. The molecule has 3 aromatic rings. The van der Waals surface area contributed by atoms with Crippen LogP contribution in [0, 0.1) is 0 Å². The minimum Gasteiger partial charge on any atom is -0.495 e. The fourth-order valence-corrected chi connectivity index (χ4v) is 3.32. The zero-order chi connectivity index (χ0) is 18.0. The van der Waals surface area contributed by atoms with E-state index in [4.69, 9.17) is 16.3 Å². The maximum atomic E-state index is 9.96. The van der Waals surface area contributed by atoms with Gasteiger partial charge >= 0.3 is 0 Å². The molecule has 0 aliphatic rings. The number of benzene rings is 2. The molecule has 0 saturated carbocycles. The Labute approximate surface area is 152 Å². The number of aromatic nitrogens is 1. The van der Waals surface area contributed by atoms with Gasteiger partial charge in [0, 0.05) is 40.3 Å². The third-order valence-corrected chi connectivity index (χ3v) is 4.76.